The van der Waals surface area contributed by atoms with Gasteiger partial charge in [-0.1, -0.05) is 78.9 Å². The molecule has 0 radical (unpaired) electrons. The number of unbranched alkanes of at least 4 members (excludes halogenated alkanes) is 1. The predicted octanol–water partition coefficient (Wildman–Crippen LogP) is 8.29. The highest BCUT2D eigenvalue weighted by Crippen LogP contribution is 2.51. The second-order valence-corrected chi connectivity index (χ2v) is 13.4. The Labute approximate surface area is 291 Å². The Bertz CT molecular complexity index is 1840. The zero-order valence-electron chi connectivity index (χ0n) is 27.7. The number of piperidine rings is 1. The number of likely N-dealkylation sites (tertiary alicyclic amines) is 1. The Morgan fingerprint density at radius 2 is 1.29 bits per heavy atom. The highest BCUT2D eigenvalue weighted by atomic mass is 19.4. The zero-order valence-corrected chi connectivity index (χ0v) is 27.7. The van der Waals surface area contributed by atoms with Crippen molar-refractivity contribution in [1.29, 1.82) is 0 Å². The summed E-state index contributed by atoms with van der Waals surface area (Å²) in [5.74, 6) is -1.07. The van der Waals surface area contributed by atoms with Crippen molar-refractivity contribution >= 4 is 11.8 Å². The average Bonchev–Trinajstić information content (AvgIpc) is 3.40. The third-order valence-electron chi connectivity index (χ3n) is 10.1. The summed E-state index contributed by atoms with van der Waals surface area (Å²) in [4.78, 5) is 27.1. The van der Waals surface area contributed by atoms with Crippen LogP contribution >= 0.6 is 0 Å². The first-order valence-electron chi connectivity index (χ1n) is 16.9. The molecule has 6 rings (SSSR count). The fourth-order valence-electron chi connectivity index (χ4n) is 7.53. The third kappa shape index (κ3) is 7.67. The lowest BCUT2D eigenvalue weighted by Gasteiger charge is -2.37. The van der Waals surface area contributed by atoms with E-state index in [4.69, 9.17) is 0 Å². The number of benzene rings is 4. The molecule has 0 spiro atoms. The van der Waals surface area contributed by atoms with Gasteiger partial charge in [0.1, 0.15) is 31.6 Å². The first-order chi connectivity index (χ1) is 24.2. The SMILES string of the molecule is O=C(NC1CC[N+](O)(CCCCC2(C(=O)NCC(F)(F)F)c3ccccc3-c3ccccc32)CC1)c1ccccc1-c1ccc(C(F)(F)F)cc1. The Kier molecular flexibility index (Phi) is 10.0. The Morgan fingerprint density at radius 1 is 0.745 bits per heavy atom. The van der Waals surface area contributed by atoms with E-state index in [1.807, 2.05) is 24.3 Å². The zero-order chi connectivity index (χ0) is 36.4. The summed E-state index contributed by atoms with van der Waals surface area (Å²) in [6, 6.07) is 25.7. The smallest absolute Gasteiger partial charge is 0.349 e. The molecule has 4 aromatic carbocycles. The van der Waals surface area contributed by atoms with Crippen LogP contribution in [0.15, 0.2) is 97.1 Å². The molecule has 1 fully saturated rings. The van der Waals surface area contributed by atoms with Crippen LogP contribution in [-0.2, 0) is 16.4 Å². The number of alkyl halides is 6. The van der Waals surface area contributed by atoms with Gasteiger partial charge in [-0.05, 0) is 70.8 Å². The predicted molar refractivity (Wildman–Crippen MR) is 180 cm³/mol. The van der Waals surface area contributed by atoms with Gasteiger partial charge < -0.3 is 10.6 Å². The van der Waals surface area contributed by atoms with Gasteiger partial charge in [0.2, 0.25) is 5.91 Å². The lowest BCUT2D eigenvalue weighted by molar-refractivity contribution is -1.10. The fraction of sp³-hybridized carbons (Fsp3) is 0.333. The van der Waals surface area contributed by atoms with Gasteiger partial charge in [-0.15, -0.1) is 0 Å². The van der Waals surface area contributed by atoms with Crippen molar-refractivity contribution in [3.8, 4) is 22.3 Å². The van der Waals surface area contributed by atoms with Crippen molar-refractivity contribution in [2.45, 2.75) is 55.9 Å². The number of quaternary nitrogens is 1. The number of nitrogens with one attached hydrogen (secondary N) is 2. The number of fused-ring (bicyclic) bond motifs is 3. The van der Waals surface area contributed by atoms with Gasteiger partial charge in [0.15, 0.2) is 0 Å². The van der Waals surface area contributed by atoms with E-state index in [1.54, 1.807) is 48.5 Å². The summed E-state index contributed by atoms with van der Waals surface area (Å²) in [5, 5.41) is 16.6. The minimum atomic E-state index is -4.57. The molecule has 268 valence electrons. The van der Waals surface area contributed by atoms with Crippen LogP contribution in [0, 0.1) is 0 Å². The third-order valence-corrected chi connectivity index (χ3v) is 10.1. The Morgan fingerprint density at radius 3 is 1.86 bits per heavy atom. The summed E-state index contributed by atoms with van der Waals surface area (Å²) in [5.41, 5.74) is 2.17. The van der Waals surface area contributed by atoms with E-state index in [1.165, 1.54) is 12.1 Å². The largest absolute Gasteiger partial charge is 0.416 e. The van der Waals surface area contributed by atoms with Crippen LogP contribution in [-0.4, -0.2) is 60.1 Å². The second kappa shape index (κ2) is 14.1. The minimum absolute atomic E-state index is 0.233. The van der Waals surface area contributed by atoms with Crippen LogP contribution < -0.4 is 10.6 Å². The Balaban J connectivity index is 1.08. The van der Waals surface area contributed by atoms with Gasteiger partial charge in [0.05, 0.1) is 5.56 Å². The van der Waals surface area contributed by atoms with E-state index in [9.17, 15) is 41.1 Å². The van der Waals surface area contributed by atoms with E-state index in [-0.39, 0.29) is 23.0 Å². The molecule has 6 nitrogen and oxygen atoms in total. The van der Waals surface area contributed by atoms with Crippen molar-refractivity contribution in [3.63, 3.8) is 0 Å². The summed E-state index contributed by atoms with van der Waals surface area (Å²) < 4.78 is 78.5. The highest BCUT2D eigenvalue weighted by molar-refractivity contribution is 6.01. The van der Waals surface area contributed by atoms with Crippen molar-refractivity contribution in [2.24, 2.45) is 0 Å². The molecule has 1 aliphatic heterocycles. The first kappa shape index (κ1) is 36.1. The van der Waals surface area contributed by atoms with Crippen LogP contribution in [0.4, 0.5) is 26.3 Å². The molecule has 12 heteroatoms. The molecule has 0 atom stereocenters. The monoisotopic (exact) mass is 710 g/mol. The first-order valence-corrected chi connectivity index (χ1v) is 16.9. The second-order valence-electron chi connectivity index (χ2n) is 13.4. The molecule has 0 saturated carbocycles. The molecule has 0 aromatic heterocycles. The van der Waals surface area contributed by atoms with Crippen molar-refractivity contribution in [2.75, 3.05) is 26.2 Å². The molecule has 2 amide bonds. The standard InChI is InChI=1S/C39H37F6N3O3/c40-38(41,42)25-46-36(50)37(33-13-5-3-10-30(33)31-11-4-6-14-34(31)37)21-7-8-22-48(51)23-19-28(20-24-48)47-35(49)32-12-2-1-9-29(32)26-15-17-27(18-16-26)39(43,44)45/h1-6,9-18,28,51H,7-8,19-25H2,(H-,46,47,49,50)/p+1. The number of hydroxylamine groups is 3. The van der Waals surface area contributed by atoms with Gasteiger partial charge >= 0.3 is 12.4 Å². The van der Waals surface area contributed by atoms with Crippen LogP contribution in [0.1, 0.15) is 59.2 Å². The van der Waals surface area contributed by atoms with Crippen LogP contribution in [0.2, 0.25) is 0 Å². The van der Waals surface area contributed by atoms with Gasteiger partial charge in [-0.25, -0.2) is 5.21 Å². The van der Waals surface area contributed by atoms with Crippen molar-refractivity contribution in [3.05, 3.63) is 119 Å². The van der Waals surface area contributed by atoms with Gasteiger partial charge in [0, 0.05) is 24.4 Å². The van der Waals surface area contributed by atoms with Crippen LogP contribution in [0.3, 0.4) is 0 Å². The van der Waals surface area contributed by atoms with Crippen LogP contribution in [0.5, 0.6) is 0 Å². The molecular weight excluding hydrogens is 672 g/mol. The molecule has 0 bridgehead atoms. The molecule has 1 heterocycles. The lowest BCUT2D eigenvalue weighted by Crippen LogP contribution is -2.55. The molecule has 4 aromatic rings. The van der Waals surface area contributed by atoms with E-state index >= 15 is 0 Å². The quantitative estimate of drug-likeness (QED) is 0.0881. The van der Waals surface area contributed by atoms with Crippen LogP contribution in [0.25, 0.3) is 22.3 Å². The number of hydrogen-bond acceptors (Lipinski definition) is 3. The molecule has 1 saturated heterocycles. The molecule has 3 N–H and O–H groups in total. The van der Waals surface area contributed by atoms with Gasteiger partial charge in [-0.2, -0.15) is 31.0 Å². The molecule has 51 heavy (non-hydrogen) atoms. The average molecular weight is 711 g/mol. The number of amides is 2. The van der Waals surface area contributed by atoms with Crippen molar-refractivity contribution < 1.29 is 45.8 Å². The fourth-order valence-corrected chi connectivity index (χ4v) is 7.53. The number of nitrogens with zero attached hydrogens (tertiary/aromatic N) is 1. The number of halogens is 6. The summed E-state index contributed by atoms with van der Waals surface area (Å²) >= 11 is 0. The number of carbonyl (C=O) groups excluding carboxylic acids is 2. The molecular formula is C39H38F6N3O3+. The summed E-state index contributed by atoms with van der Waals surface area (Å²) in [6.07, 6.45) is -6.85. The minimum Gasteiger partial charge on any atom is -0.349 e. The lowest BCUT2D eigenvalue weighted by atomic mass is 9.73. The van der Waals surface area contributed by atoms with E-state index in [0.717, 1.165) is 23.3 Å². The summed E-state index contributed by atoms with van der Waals surface area (Å²) in [6.45, 7) is -0.364. The molecule has 0 unspecified atom stereocenters. The molecule has 2 aliphatic rings. The topological polar surface area (TPSA) is 78.4 Å². The highest BCUT2D eigenvalue weighted by Gasteiger charge is 2.49. The van der Waals surface area contributed by atoms with Gasteiger partial charge in [-0.3, -0.25) is 9.59 Å². The Hall–Kier alpha value is -4.68. The van der Waals surface area contributed by atoms with Gasteiger partial charge in [0.25, 0.3) is 5.91 Å². The number of hydrogen-bond donors (Lipinski definition) is 3. The maximum atomic E-state index is 13.7. The van der Waals surface area contributed by atoms with E-state index < -0.39 is 35.8 Å². The number of rotatable bonds is 10. The summed E-state index contributed by atoms with van der Waals surface area (Å²) in [7, 11) is 0. The maximum Gasteiger partial charge on any atom is 0.416 e. The molecule has 1 aliphatic carbocycles. The maximum absolute atomic E-state index is 13.7. The van der Waals surface area contributed by atoms with E-state index in [2.05, 4.69) is 10.6 Å². The van der Waals surface area contributed by atoms with Crippen molar-refractivity contribution in [1.82, 2.24) is 10.6 Å². The number of carbonyl (C=O) groups is 2. The van der Waals surface area contributed by atoms with E-state index in [0.29, 0.717) is 73.1 Å². The normalized spacial score (nSPS) is 19.5.